The maximum absolute atomic E-state index is 10.9. The number of thioether (sulfide) groups is 1. The molecule has 0 fully saturated rings. The van der Waals surface area contributed by atoms with Crippen molar-refractivity contribution in [2.24, 2.45) is 0 Å². The predicted molar refractivity (Wildman–Crippen MR) is 48.5 cm³/mol. The summed E-state index contributed by atoms with van der Waals surface area (Å²) in [7, 11) is 0. The third kappa shape index (κ3) is 4.90. The highest BCUT2D eigenvalue weighted by Gasteiger charge is 2.02. The summed E-state index contributed by atoms with van der Waals surface area (Å²) in [5, 5.41) is 1.83. The summed E-state index contributed by atoms with van der Waals surface area (Å²) in [5.74, 6) is 0.768. The predicted octanol–water partition coefficient (Wildman–Crippen LogP) is 2.21. The highest BCUT2D eigenvalue weighted by Crippen LogP contribution is 2.07. The van der Waals surface area contributed by atoms with E-state index < -0.39 is 0 Å². The van der Waals surface area contributed by atoms with Gasteiger partial charge in [0, 0.05) is 5.57 Å². The van der Waals surface area contributed by atoms with E-state index in [2.05, 4.69) is 0 Å². The molecule has 64 valence electrons. The number of carbonyl (C=O) groups excluding carboxylic acids is 1. The van der Waals surface area contributed by atoms with Crippen molar-refractivity contribution >= 4 is 17.7 Å². The van der Waals surface area contributed by atoms with Crippen molar-refractivity contribution in [3.05, 3.63) is 11.0 Å². The maximum atomic E-state index is 10.9. The largest absolute Gasteiger partial charge is 0.463 e. The minimum absolute atomic E-state index is 0.214. The van der Waals surface area contributed by atoms with Crippen molar-refractivity contribution in [1.82, 2.24) is 0 Å². The molecule has 0 saturated heterocycles. The van der Waals surface area contributed by atoms with Crippen molar-refractivity contribution in [3.63, 3.8) is 0 Å². The lowest BCUT2D eigenvalue weighted by molar-refractivity contribution is -0.138. The van der Waals surface area contributed by atoms with E-state index in [0.717, 1.165) is 5.75 Å². The standard InChI is InChI=1S/C8H14O2S/c1-4-10-8(9)7(3)6-11-5-2/h6H,4-5H2,1-3H3/b7-6-. The number of esters is 1. The van der Waals surface area contributed by atoms with Crippen LogP contribution >= 0.6 is 11.8 Å². The number of hydrogen-bond acceptors (Lipinski definition) is 3. The number of carbonyl (C=O) groups is 1. The second kappa shape index (κ2) is 6.28. The number of ether oxygens (including phenoxy) is 1. The normalized spacial score (nSPS) is 11.4. The molecule has 0 atom stereocenters. The van der Waals surface area contributed by atoms with Crippen molar-refractivity contribution in [2.45, 2.75) is 20.8 Å². The van der Waals surface area contributed by atoms with Gasteiger partial charge in [0.05, 0.1) is 6.61 Å². The molecule has 0 aromatic heterocycles. The molecule has 0 aliphatic rings. The van der Waals surface area contributed by atoms with Crippen LogP contribution in [0.25, 0.3) is 0 Å². The van der Waals surface area contributed by atoms with Gasteiger partial charge in [0.1, 0.15) is 0 Å². The number of rotatable bonds is 4. The van der Waals surface area contributed by atoms with E-state index in [4.69, 9.17) is 4.74 Å². The summed E-state index contributed by atoms with van der Waals surface area (Å²) in [6.07, 6.45) is 0. The summed E-state index contributed by atoms with van der Waals surface area (Å²) in [6, 6.07) is 0. The van der Waals surface area contributed by atoms with Crippen LogP contribution in [0.15, 0.2) is 11.0 Å². The second-order valence-electron chi connectivity index (χ2n) is 1.98. The quantitative estimate of drug-likeness (QED) is 0.483. The van der Waals surface area contributed by atoms with Crippen LogP contribution in [0.4, 0.5) is 0 Å². The summed E-state index contributed by atoms with van der Waals surface area (Å²) >= 11 is 1.61. The molecule has 0 amide bonds. The van der Waals surface area contributed by atoms with E-state index in [0.29, 0.717) is 12.2 Å². The minimum atomic E-state index is -0.214. The zero-order chi connectivity index (χ0) is 8.69. The van der Waals surface area contributed by atoms with Crippen LogP contribution in [0.5, 0.6) is 0 Å². The zero-order valence-electron chi connectivity index (χ0n) is 7.22. The maximum Gasteiger partial charge on any atom is 0.334 e. The van der Waals surface area contributed by atoms with Gasteiger partial charge < -0.3 is 4.74 Å². The van der Waals surface area contributed by atoms with Crippen LogP contribution in [0.2, 0.25) is 0 Å². The van der Waals surface area contributed by atoms with E-state index in [-0.39, 0.29) is 5.97 Å². The Bertz CT molecular complexity index is 152. The molecule has 0 aromatic rings. The molecule has 0 spiro atoms. The first-order valence-corrected chi connectivity index (χ1v) is 4.72. The Balaban J connectivity index is 3.80. The molecule has 0 heterocycles. The van der Waals surface area contributed by atoms with Crippen molar-refractivity contribution in [1.29, 1.82) is 0 Å². The molecule has 0 aromatic carbocycles. The van der Waals surface area contributed by atoms with Gasteiger partial charge in [0.15, 0.2) is 0 Å². The van der Waals surface area contributed by atoms with E-state index in [1.807, 2.05) is 12.3 Å². The minimum Gasteiger partial charge on any atom is -0.463 e. The van der Waals surface area contributed by atoms with Gasteiger partial charge in [0.2, 0.25) is 0 Å². The SMILES string of the molecule is CCOC(=O)/C(C)=C\SCC. The third-order valence-corrected chi connectivity index (χ3v) is 1.88. The molecule has 11 heavy (non-hydrogen) atoms. The van der Waals surface area contributed by atoms with E-state index in [1.54, 1.807) is 25.6 Å². The van der Waals surface area contributed by atoms with E-state index in [9.17, 15) is 4.79 Å². The van der Waals surface area contributed by atoms with Crippen LogP contribution in [0.1, 0.15) is 20.8 Å². The van der Waals surface area contributed by atoms with E-state index in [1.165, 1.54) is 0 Å². The van der Waals surface area contributed by atoms with Crippen LogP contribution in [0.3, 0.4) is 0 Å². The molecular weight excluding hydrogens is 160 g/mol. The van der Waals surface area contributed by atoms with Gasteiger partial charge in [-0.2, -0.15) is 0 Å². The first-order chi connectivity index (χ1) is 5.22. The molecule has 0 N–H and O–H groups in total. The van der Waals surface area contributed by atoms with Gasteiger partial charge in [-0.25, -0.2) is 4.79 Å². The highest BCUT2D eigenvalue weighted by molar-refractivity contribution is 8.02. The number of hydrogen-bond donors (Lipinski definition) is 0. The molecule has 0 unspecified atom stereocenters. The van der Waals surface area contributed by atoms with Crippen molar-refractivity contribution in [2.75, 3.05) is 12.4 Å². The molecule has 0 aliphatic carbocycles. The highest BCUT2D eigenvalue weighted by atomic mass is 32.2. The lowest BCUT2D eigenvalue weighted by Gasteiger charge is -1.99. The molecule has 0 saturated carbocycles. The Hall–Kier alpha value is -0.440. The van der Waals surface area contributed by atoms with Gasteiger partial charge in [0.25, 0.3) is 0 Å². The fourth-order valence-electron chi connectivity index (χ4n) is 0.501. The summed E-state index contributed by atoms with van der Waals surface area (Å²) in [4.78, 5) is 10.9. The molecule has 3 heteroatoms. The monoisotopic (exact) mass is 174 g/mol. The molecule has 2 nitrogen and oxygen atoms in total. The van der Waals surface area contributed by atoms with Gasteiger partial charge in [-0.15, -0.1) is 11.8 Å². The Kier molecular flexibility index (Phi) is 6.03. The summed E-state index contributed by atoms with van der Waals surface area (Å²) in [6.45, 7) is 6.05. The topological polar surface area (TPSA) is 26.3 Å². The van der Waals surface area contributed by atoms with Crippen molar-refractivity contribution in [3.8, 4) is 0 Å². The molecule has 0 rings (SSSR count). The fourth-order valence-corrected chi connectivity index (χ4v) is 1.01. The smallest absolute Gasteiger partial charge is 0.334 e. The van der Waals surface area contributed by atoms with Crippen LogP contribution in [-0.4, -0.2) is 18.3 Å². The van der Waals surface area contributed by atoms with E-state index >= 15 is 0 Å². The summed E-state index contributed by atoms with van der Waals surface area (Å²) < 4.78 is 4.78. The second-order valence-corrected chi connectivity index (χ2v) is 3.12. The van der Waals surface area contributed by atoms with Crippen LogP contribution < -0.4 is 0 Å². The van der Waals surface area contributed by atoms with Gasteiger partial charge >= 0.3 is 5.97 Å². The third-order valence-electron chi connectivity index (χ3n) is 1.02. The fraction of sp³-hybridized carbons (Fsp3) is 0.625. The first-order valence-electron chi connectivity index (χ1n) is 3.67. The van der Waals surface area contributed by atoms with Gasteiger partial charge in [-0.3, -0.25) is 0 Å². The Morgan fingerprint density at radius 2 is 2.18 bits per heavy atom. The molecule has 0 aliphatic heterocycles. The average Bonchev–Trinajstić information content (AvgIpc) is 2.00. The molecule has 0 bridgehead atoms. The Labute approximate surface area is 72.0 Å². The van der Waals surface area contributed by atoms with Crippen LogP contribution in [0, 0.1) is 0 Å². The first kappa shape index (κ1) is 10.6. The lowest BCUT2D eigenvalue weighted by atomic mass is 10.4. The van der Waals surface area contributed by atoms with Gasteiger partial charge in [-0.1, -0.05) is 6.92 Å². The molecule has 0 radical (unpaired) electrons. The van der Waals surface area contributed by atoms with Crippen molar-refractivity contribution < 1.29 is 9.53 Å². The Morgan fingerprint density at radius 3 is 2.64 bits per heavy atom. The lowest BCUT2D eigenvalue weighted by Crippen LogP contribution is -2.04. The van der Waals surface area contributed by atoms with Crippen LogP contribution in [-0.2, 0) is 9.53 Å². The zero-order valence-corrected chi connectivity index (χ0v) is 8.03. The molecular formula is C8H14O2S. The average molecular weight is 174 g/mol. The summed E-state index contributed by atoms with van der Waals surface area (Å²) in [5.41, 5.74) is 0.679. The Morgan fingerprint density at radius 1 is 1.55 bits per heavy atom. The van der Waals surface area contributed by atoms with Gasteiger partial charge in [-0.05, 0) is 25.0 Å².